The number of aryl methyl sites for hydroxylation is 2. The predicted octanol–water partition coefficient (Wildman–Crippen LogP) is 2.72. The first-order chi connectivity index (χ1) is 10.9. The number of carbonyl (C=O) groups excluding carboxylic acids is 1. The minimum absolute atomic E-state index is 0.198. The van der Waals surface area contributed by atoms with E-state index in [1.54, 1.807) is 43.1 Å². The Morgan fingerprint density at radius 1 is 1.52 bits per heavy atom. The molecule has 0 aliphatic rings. The topological polar surface area (TPSA) is 67.2 Å². The average molecular weight is 384 g/mol. The fourth-order valence-electron chi connectivity index (χ4n) is 2.16. The summed E-state index contributed by atoms with van der Waals surface area (Å²) in [6.07, 6.45) is 2.71. The molecule has 1 amide bonds. The summed E-state index contributed by atoms with van der Waals surface area (Å²) in [5.74, 6) is -0.569. The van der Waals surface area contributed by atoms with Crippen molar-refractivity contribution in [1.29, 1.82) is 0 Å². The summed E-state index contributed by atoms with van der Waals surface area (Å²) in [5, 5.41) is 17.0. The van der Waals surface area contributed by atoms with E-state index in [0.29, 0.717) is 17.7 Å². The third-order valence-corrected chi connectivity index (χ3v) is 3.98. The van der Waals surface area contributed by atoms with Crippen molar-refractivity contribution in [3.05, 3.63) is 52.0 Å². The van der Waals surface area contributed by atoms with Gasteiger partial charge in [0, 0.05) is 19.2 Å². The molecule has 0 fully saturated rings. The van der Waals surface area contributed by atoms with Crippen LogP contribution in [0.3, 0.4) is 0 Å². The Balaban J connectivity index is 1.88. The molecule has 2 N–H and O–H groups in total. The normalized spacial score (nSPS) is 13.6. The van der Waals surface area contributed by atoms with Gasteiger partial charge in [-0.15, -0.1) is 0 Å². The summed E-state index contributed by atoms with van der Waals surface area (Å²) in [5.41, 5.74) is 0.958. The van der Waals surface area contributed by atoms with Crippen LogP contribution in [0.25, 0.3) is 0 Å². The molecule has 0 saturated carbocycles. The van der Waals surface area contributed by atoms with Gasteiger partial charge < -0.3 is 10.4 Å². The van der Waals surface area contributed by atoms with Crippen molar-refractivity contribution in [2.24, 2.45) is 0 Å². The molecule has 0 radical (unpaired) electrons. The third kappa shape index (κ3) is 4.87. The molecule has 1 heterocycles. The fraction of sp³-hybridized carbons (Fsp3) is 0.375. The van der Waals surface area contributed by atoms with Crippen molar-refractivity contribution in [2.45, 2.75) is 39.0 Å². The minimum atomic E-state index is -0.965. The maximum absolute atomic E-state index is 13.6. The quantitative estimate of drug-likeness (QED) is 0.805. The summed E-state index contributed by atoms with van der Waals surface area (Å²) in [6, 6.07) is 4.04. The van der Waals surface area contributed by atoms with Crippen molar-refractivity contribution in [3.63, 3.8) is 0 Å². The first kappa shape index (κ1) is 17.6. The molecule has 1 aromatic carbocycles. The van der Waals surface area contributed by atoms with Crippen LogP contribution < -0.4 is 5.32 Å². The fourth-order valence-corrected chi connectivity index (χ4v) is 2.49. The second-order valence-electron chi connectivity index (χ2n) is 5.48. The average Bonchev–Trinajstić information content (AvgIpc) is 2.93. The van der Waals surface area contributed by atoms with Gasteiger partial charge in [-0.25, -0.2) is 4.39 Å². The molecule has 0 aliphatic heterocycles. The molecular formula is C16H19BrFN3O2. The molecule has 5 nitrogen and oxygen atoms in total. The molecule has 0 saturated heterocycles. The van der Waals surface area contributed by atoms with Crippen molar-refractivity contribution in [3.8, 4) is 0 Å². The molecule has 7 heteroatoms. The number of rotatable bonds is 6. The van der Waals surface area contributed by atoms with E-state index in [1.165, 1.54) is 6.07 Å². The lowest BCUT2D eigenvalue weighted by Crippen LogP contribution is -2.37. The molecule has 23 heavy (non-hydrogen) atoms. The molecule has 2 aromatic rings. The van der Waals surface area contributed by atoms with Crippen molar-refractivity contribution in [1.82, 2.24) is 15.1 Å². The number of aliphatic hydroxyl groups excluding tert-OH is 1. The first-order valence-electron chi connectivity index (χ1n) is 7.28. The Bertz CT molecular complexity index is 690. The zero-order valence-electron chi connectivity index (χ0n) is 13.0. The number of hydrogen-bond acceptors (Lipinski definition) is 3. The highest BCUT2D eigenvalue weighted by atomic mass is 79.9. The van der Waals surface area contributed by atoms with Gasteiger partial charge in [-0.05, 0) is 47.0 Å². The highest BCUT2D eigenvalue weighted by Crippen LogP contribution is 2.19. The Hall–Kier alpha value is -1.73. The van der Waals surface area contributed by atoms with E-state index < -0.39 is 12.1 Å². The van der Waals surface area contributed by atoms with Gasteiger partial charge in [0.05, 0.1) is 22.8 Å². The van der Waals surface area contributed by atoms with Gasteiger partial charge in [-0.1, -0.05) is 12.1 Å². The van der Waals surface area contributed by atoms with Crippen molar-refractivity contribution in [2.75, 3.05) is 0 Å². The zero-order chi connectivity index (χ0) is 17.0. The van der Waals surface area contributed by atoms with Crippen LogP contribution >= 0.6 is 15.9 Å². The van der Waals surface area contributed by atoms with Gasteiger partial charge >= 0.3 is 0 Å². The Kier molecular flexibility index (Phi) is 5.90. The first-order valence-corrected chi connectivity index (χ1v) is 8.07. The number of nitrogens with zero attached hydrogens (tertiary/aromatic N) is 2. The molecule has 2 unspecified atom stereocenters. The van der Waals surface area contributed by atoms with Crippen LogP contribution in [0.5, 0.6) is 0 Å². The van der Waals surface area contributed by atoms with Crippen LogP contribution in [0, 0.1) is 12.7 Å². The monoisotopic (exact) mass is 383 g/mol. The molecule has 124 valence electrons. The lowest BCUT2D eigenvalue weighted by molar-refractivity contribution is -0.122. The summed E-state index contributed by atoms with van der Waals surface area (Å²) < 4.78 is 16.1. The molecular weight excluding hydrogens is 365 g/mol. The van der Waals surface area contributed by atoms with Crippen LogP contribution in [-0.4, -0.2) is 26.8 Å². The molecule has 2 rings (SSSR count). The summed E-state index contributed by atoms with van der Waals surface area (Å²) in [6.45, 7) is 3.79. The van der Waals surface area contributed by atoms with Gasteiger partial charge in [-0.2, -0.15) is 5.10 Å². The largest absolute Gasteiger partial charge is 0.386 e. The Morgan fingerprint density at radius 2 is 2.26 bits per heavy atom. The van der Waals surface area contributed by atoms with E-state index in [-0.39, 0.29) is 18.1 Å². The molecule has 0 spiro atoms. The zero-order valence-corrected chi connectivity index (χ0v) is 14.5. The standard InChI is InChI=1S/C16H19BrFN3O2/c1-10-3-4-12(7-14(10)18)16(23)11(2)20-15(22)5-6-21-9-13(17)8-19-21/h3-4,7-9,11,16,23H,5-6H2,1-2H3,(H,20,22). The van der Waals surface area contributed by atoms with Gasteiger partial charge in [0.2, 0.25) is 5.91 Å². The molecule has 0 aliphatic carbocycles. The van der Waals surface area contributed by atoms with Crippen LogP contribution in [-0.2, 0) is 11.3 Å². The van der Waals surface area contributed by atoms with E-state index in [0.717, 1.165) is 4.47 Å². The van der Waals surface area contributed by atoms with Crippen molar-refractivity contribution >= 4 is 21.8 Å². The Labute approximate surface area is 142 Å². The number of aromatic nitrogens is 2. The van der Waals surface area contributed by atoms with E-state index >= 15 is 0 Å². The van der Waals surface area contributed by atoms with E-state index in [4.69, 9.17) is 0 Å². The number of halogens is 2. The summed E-state index contributed by atoms with van der Waals surface area (Å²) in [4.78, 5) is 11.9. The highest BCUT2D eigenvalue weighted by Gasteiger charge is 2.19. The van der Waals surface area contributed by atoms with Gasteiger partial charge in [0.15, 0.2) is 0 Å². The smallest absolute Gasteiger partial charge is 0.222 e. The van der Waals surface area contributed by atoms with Crippen LogP contribution in [0.2, 0.25) is 0 Å². The summed E-state index contributed by atoms with van der Waals surface area (Å²) in [7, 11) is 0. The van der Waals surface area contributed by atoms with Gasteiger partial charge in [0.1, 0.15) is 5.82 Å². The second-order valence-corrected chi connectivity index (χ2v) is 6.40. The number of benzene rings is 1. The Morgan fingerprint density at radius 3 is 2.87 bits per heavy atom. The van der Waals surface area contributed by atoms with Crippen LogP contribution in [0.4, 0.5) is 4.39 Å². The lowest BCUT2D eigenvalue weighted by atomic mass is 10.0. The molecule has 0 bridgehead atoms. The number of amides is 1. The van der Waals surface area contributed by atoms with Crippen LogP contribution in [0.15, 0.2) is 35.1 Å². The lowest BCUT2D eigenvalue weighted by Gasteiger charge is -2.21. The highest BCUT2D eigenvalue weighted by molar-refractivity contribution is 9.10. The second kappa shape index (κ2) is 7.70. The SMILES string of the molecule is Cc1ccc(C(O)C(C)NC(=O)CCn2cc(Br)cn2)cc1F. The molecule has 1 aromatic heterocycles. The van der Waals surface area contributed by atoms with E-state index in [9.17, 15) is 14.3 Å². The van der Waals surface area contributed by atoms with Gasteiger partial charge in [0.25, 0.3) is 0 Å². The number of hydrogen-bond donors (Lipinski definition) is 2. The van der Waals surface area contributed by atoms with Crippen molar-refractivity contribution < 1.29 is 14.3 Å². The maximum atomic E-state index is 13.6. The number of nitrogens with one attached hydrogen (secondary N) is 1. The van der Waals surface area contributed by atoms with Crippen LogP contribution in [0.1, 0.15) is 30.6 Å². The van der Waals surface area contributed by atoms with E-state index in [2.05, 4.69) is 26.3 Å². The summed E-state index contributed by atoms with van der Waals surface area (Å²) >= 11 is 3.29. The maximum Gasteiger partial charge on any atom is 0.222 e. The number of aliphatic hydroxyl groups is 1. The van der Waals surface area contributed by atoms with E-state index in [1.807, 2.05) is 0 Å². The molecule has 2 atom stereocenters. The third-order valence-electron chi connectivity index (χ3n) is 3.57. The minimum Gasteiger partial charge on any atom is -0.386 e. The van der Waals surface area contributed by atoms with Gasteiger partial charge in [-0.3, -0.25) is 9.48 Å². The number of carbonyl (C=O) groups is 1. The predicted molar refractivity (Wildman–Crippen MR) is 88.2 cm³/mol.